The van der Waals surface area contributed by atoms with Crippen LogP contribution in [-0.2, 0) is 14.3 Å². The minimum absolute atomic E-state index is 0.00236. The van der Waals surface area contributed by atoms with Gasteiger partial charge in [-0.1, -0.05) is 6.92 Å². The van der Waals surface area contributed by atoms with Crippen LogP contribution in [0.25, 0.3) is 0 Å². The van der Waals surface area contributed by atoms with E-state index in [9.17, 15) is 9.59 Å². The fourth-order valence-electron chi connectivity index (χ4n) is 2.18. The van der Waals surface area contributed by atoms with E-state index < -0.39 is 6.04 Å². The molecule has 98 valence electrons. The molecule has 0 aromatic heterocycles. The summed E-state index contributed by atoms with van der Waals surface area (Å²) >= 11 is 0. The molecule has 1 amide bonds. The minimum atomic E-state index is -0.540. The first-order valence-corrected chi connectivity index (χ1v) is 6.51. The first-order chi connectivity index (χ1) is 8.04. The molecule has 1 aliphatic rings. The highest BCUT2D eigenvalue weighted by molar-refractivity contribution is 5.85. The monoisotopic (exact) mass is 241 g/mol. The molecular formula is C13H23NO3. The fourth-order valence-corrected chi connectivity index (χ4v) is 2.18. The van der Waals surface area contributed by atoms with Crippen LogP contribution in [0, 0.1) is 11.8 Å². The molecule has 0 radical (unpaired) electrons. The molecule has 0 aromatic rings. The number of ether oxygens (including phenoxy) is 1. The number of hydrogen-bond acceptors (Lipinski definition) is 3. The molecule has 1 atom stereocenters. The summed E-state index contributed by atoms with van der Waals surface area (Å²) in [6.45, 7) is 5.99. The highest BCUT2D eigenvalue weighted by atomic mass is 16.5. The number of carbonyl (C=O) groups is 2. The van der Waals surface area contributed by atoms with Gasteiger partial charge in [-0.15, -0.1) is 0 Å². The van der Waals surface area contributed by atoms with E-state index in [1.54, 1.807) is 13.8 Å². The average molecular weight is 241 g/mol. The maximum absolute atomic E-state index is 11.9. The predicted molar refractivity (Wildman–Crippen MR) is 65.4 cm³/mol. The van der Waals surface area contributed by atoms with Crippen molar-refractivity contribution in [2.24, 2.45) is 11.8 Å². The highest BCUT2D eigenvalue weighted by Crippen LogP contribution is 2.28. The van der Waals surface area contributed by atoms with Crippen molar-refractivity contribution in [2.75, 3.05) is 6.61 Å². The van der Waals surface area contributed by atoms with Gasteiger partial charge in [0.05, 0.1) is 6.61 Å². The molecule has 0 saturated heterocycles. The van der Waals surface area contributed by atoms with Gasteiger partial charge in [0.1, 0.15) is 6.04 Å². The van der Waals surface area contributed by atoms with E-state index in [2.05, 4.69) is 12.2 Å². The molecule has 4 heteroatoms. The third kappa shape index (κ3) is 4.36. The first-order valence-electron chi connectivity index (χ1n) is 6.51. The second-order valence-electron chi connectivity index (χ2n) is 4.94. The highest BCUT2D eigenvalue weighted by Gasteiger charge is 2.26. The van der Waals surface area contributed by atoms with E-state index in [-0.39, 0.29) is 17.8 Å². The Morgan fingerprint density at radius 3 is 2.41 bits per heavy atom. The Morgan fingerprint density at radius 2 is 1.88 bits per heavy atom. The van der Waals surface area contributed by atoms with Gasteiger partial charge in [0.15, 0.2) is 0 Å². The van der Waals surface area contributed by atoms with Crippen molar-refractivity contribution in [1.29, 1.82) is 0 Å². The van der Waals surface area contributed by atoms with Gasteiger partial charge in [0, 0.05) is 5.92 Å². The Kier molecular flexibility index (Phi) is 5.45. The number of rotatable bonds is 4. The van der Waals surface area contributed by atoms with Gasteiger partial charge in [-0.3, -0.25) is 4.79 Å². The molecule has 1 rings (SSSR count). The molecule has 4 nitrogen and oxygen atoms in total. The third-order valence-corrected chi connectivity index (χ3v) is 3.39. The smallest absolute Gasteiger partial charge is 0.328 e. The zero-order valence-corrected chi connectivity index (χ0v) is 11.0. The third-order valence-electron chi connectivity index (χ3n) is 3.39. The molecule has 1 saturated carbocycles. The van der Waals surface area contributed by atoms with Gasteiger partial charge in [0.2, 0.25) is 5.91 Å². The lowest BCUT2D eigenvalue weighted by atomic mass is 9.82. The van der Waals surface area contributed by atoms with E-state index in [1.807, 2.05) is 0 Å². The minimum Gasteiger partial charge on any atom is -0.464 e. The Balaban J connectivity index is 2.35. The van der Waals surface area contributed by atoms with Crippen LogP contribution in [-0.4, -0.2) is 24.5 Å². The van der Waals surface area contributed by atoms with E-state index in [4.69, 9.17) is 4.74 Å². The SMILES string of the molecule is CCOC(=O)C(C)NC(=O)C1CCC(C)CC1. The summed E-state index contributed by atoms with van der Waals surface area (Å²) in [5.41, 5.74) is 0. The standard InChI is InChI=1S/C13H23NO3/c1-4-17-13(16)10(3)14-12(15)11-7-5-9(2)6-8-11/h9-11H,4-8H2,1-3H3,(H,14,15). The second kappa shape index (κ2) is 6.62. The van der Waals surface area contributed by atoms with Gasteiger partial charge < -0.3 is 10.1 Å². The van der Waals surface area contributed by atoms with Gasteiger partial charge in [-0.25, -0.2) is 4.79 Å². The Bertz CT molecular complexity index is 270. The number of amides is 1. The summed E-state index contributed by atoms with van der Waals surface area (Å²) in [5.74, 6) is 0.437. The molecule has 1 fully saturated rings. The summed E-state index contributed by atoms with van der Waals surface area (Å²) < 4.78 is 4.86. The molecular weight excluding hydrogens is 218 g/mol. The lowest BCUT2D eigenvalue weighted by Crippen LogP contribution is -2.43. The van der Waals surface area contributed by atoms with Crippen molar-refractivity contribution in [3.63, 3.8) is 0 Å². The van der Waals surface area contributed by atoms with Crippen LogP contribution in [0.5, 0.6) is 0 Å². The lowest BCUT2D eigenvalue weighted by Gasteiger charge is -2.26. The van der Waals surface area contributed by atoms with Gasteiger partial charge in [-0.05, 0) is 45.4 Å². The van der Waals surface area contributed by atoms with Gasteiger partial charge in [-0.2, -0.15) is 0 Å². The van der Waals surface area contributed by atoms with Crippen LogP contribution in [0.3, 0.4) is 0 Å². The quantitative estimate of drug-likeness (QED) is 0.765. The summed E-state index contributed by atoms with van der Waals surface area (Å²) in [6, 6.07) is -0.540. The van der Waals surface area contributed by atoms with Crippen molar-refractivity contribution in [1.82, 2.24) is 5.32 Å². The molecule has 17 heavy (non-hydrogen) atoms. The van der Waals surface area contributed by atoms with Crippen LogP contribution in [0.2, 0.25) is 0 Å². The Labute approximate surface area is 103 Å². The Morgan fingerprint density at radius 1 is 1.29 bits per heavy atom. The molecule has 1 unspecified atom stereocenters. The van der Waals surface area contributed by atoms with Crippen LogP contribution in [0.1, 0.15) is 46.5 Å². The molecule has 0 spiro atoms. The number of nitrogens with one attached hydrogen (secondary N) is 1. The van der Waals surface area contributed by atoms with Crippen LogP contribution < -0.4 is 5.32 Å². The molecule has 0 aliphatic heterocycles. The number of esters is 1. The maximum Gasteiger partial charge on any atom is 0.328 e. The largest absolute Gasteiger partial charge is 0.464 e. The summed E-state index contributed by atoms with van der Waals surface area (Å²) in [7, 11) is 0. The zero-order chi connectivity index (χ0) is 12.8. The second-order valence-corrected chi connectivity index (χ2v) is 4.94. The molecule has 1 N–H and O–H groups in total. The number of hydrogen-bond donors (Lipinski definition) is 1. The maximum atomic E-state index is 11.9. The van der Waals surface area contributed by atoms with Gasteiger partial charge in [0.25, 0.3) is 0 Å². The van der Waals surface area contributed by atoms with Crippen LogP contribution >= 0.6 is 0 Å². The summed E-state index contributed by atoms with van der Waals surface area (Å²) in [4.78, 5) is 23.3. The lowest BCUT2D eigenvalue weighted by molar-refractivity contribution is -0.147. The van der Waals surface area contributed by atoms with Crippen molar-refractivity contribution in [3.05, 3.63) is 0 Å². The normalized spacial score (nSPS) is 26.1. The summed E-state index contributed by atoms with van der Waals surface area (Å²) in [6.07, 6.45) is 4.07. The summed E-state index contributed by atoms with van der Waals surface area (Å²) in [5, 5.41) is 2.74. The Hall–Kier alpha value is -1.06. The van der Waals surface area contributed by atoms with Crippen molar-refractivity contribution in [2.45, 2.75) is 52.5 Å². The van der Waals surface area contributed by atoms with Crippen LogP contribution in [0.4, 0.5) is 0 Å². The van der Waals surface area contributed by atoms with E-state index in [1.165, 1.54) is 0 Å². The first kappa shape index (κ1) is 14.0. The molecule has 0 aromatic carbocycles. The fraction of sp³-hybridized carbons (Fsp3) is 0.846. The predicted octanol–water partition coefficient (Wildman–Crippen LogP) is 1.88. The number of carbonyl (C=O) groups excluding carboxylic acids is 2. The zero-order valence-electron chi connectivity index (χ0n) is 11.0. The topological polar surface area (TPSA) is 55.4 Å². The van der Waals surface area contributed by atoms with E-state index in [0.717, 1.165) is 31.6 Å². The van der Waals surface area contributed by atoms with Crippen LogP contribution in [0.15, 0.2) is 0 Å². The van der Waals surface area contributed by atoms with Gasteiger partial charge >= 0.3 is 5.97 Å². The van der Waals surface area contributed by atoms with E-state index in [0.29, 0.717) is 6.61 Å². The molecule has 0 bridgehead atoms. The van der Waals surface area contributed by atoms with Crippen molar-refractivity contribution >= 4 is 11.9 Å². The average Bonchev–Trinajstić information content (AvgIpc) is 2.30. The van der Waals surface area contributed by atoms with E-state index >= 15 is 0 Å². The van der Waals surface area contributed by atoms with Crippen molar-refractivity contribution < 1.29 is 14.3 Å². The van der Waals surface area contributed by atoms with Crippen molar-refractivity contribution in [3.8, 4) is 0 Å². The molecule has 1 aliphatic carbocycles. The molecule has 0 heterocycles.